The number of carbonyl (C=O) groups is 1. The van der Waals surface area contributed by atoms with Crippen molar-refractivity contribution in [2.24, 2.45) is 0 Å². The minimum absolute atomic E-state index is 0.0760. The topological polar surface area (TPSA) is 44.8 Å². The summed E-state index contributed by atoms with van der Waals surface area (Å²) in [5, 5.41) is 5.18. The molecular weight excluding hydrogens is 365 g/mol. The molecule has 4 rings (SSSR count). The summed E-state index contributed by atoms with van der Waals surface area (Å²) in [5.74, 6) is -0.284. The number of nitrogens with zero attached hydrogens (tertiary/aromatic N) is 2. The first-order chi connectivity index (χ1) is 13.2. The van der Waals surface area contributed by atoms with E-state index in [1.165, 1.54) is 22.6 Å². The molecule has 1 atom stereocenters. The number of fused-ring (bicyclic) bond motifs is 1. The van der Waals surface area contributed by atoms with Crippen molar-refractivity contribution in [1.29, 1.82) is 0 Å². The highest BCUT2D eigenvalue weighted by molar-refractivity contribution is 7.10. The first-order valence-corrected chi connectivity index (χ1v) is 10.2. The fraction of sp³-hybridized carbons (Fsp3) is 0.450. The van der Waals surface area contributed by atoms with E-state index in [1.807, 2.05) is 17.4 Å². The standard InChI is InChI=1S/C20H24FN3O2S/c21-17-3-1-2-15(12-17)18-14-24(9-10-26-18)20(25)22-6-8-23-7-4-19-16(13-23)5-11-27-19/h1-3,5,11-12,18H,4,6-10,13-14H2,(H,22,25). The van der Waals surface area contributed by atoms with Crippen molar-refractivity contribution in [3.63, 3.8) is 0 Å². The number of nitrogens with one attached hydrogen (secondary N) is 1. The van der Waals surface area contributed by atoms with Gasteiger partial charge in [-0.25, -0.2) is 9.18 Å². The Bertz CT molecular complexity index is 797. The Morgan fingerprint density at radius 3 is 3.15 bits per heavy atom. The largest absolute Gasteiger partial charge is 0.370 e. The number of amides is 2. The molecule has 1 fully saturated rings. The van der Waals surface area contributed by atoms with Gasteiger partial charge in [0.05, 0.1) is 13.2 Å². The molecule has 2 amide bonds. The van der Waals surface area contributed by atoms with Gasteiger partial charge in [-0.15, -0.1) is 11.3 Å². The van der Waals surface area contributed by atoms with E-state index < -0.39 is 0 Å². The third-order valence-corrected chi connectivity index (χ3v) is 6.19. The molecule has 27 heavy (non-hydrogen) atoms. The lowest BCUT2D eigenvalue weighted by molar-refractivity contribution is -0.0156. The molecular formula is C20H24FN3O2S. The Kier molecular flexibility index (Phi) is 5.71. The van der Waals surface area contributed by atoms with Gasteiger partial charge in [0.25, 0.3) is 0 Å². The Hall–Kier alpha value is -1.96. The normalized spacial score (nSPS) is 20.3. The van der Waals surface area contributed by atoms with Gasteiger partial charge >= 0.3 is 6.03 Å². The number of morpholine rings is 1. The first-order valence-electron chi connectivity index (χ1n) is 9.36. The lowest BCUT2D eigenvalue weighted by Crippen LogP contribution is -2.48. The van der Waals surface area contributed by atoms with Crippen molar-refractivity contribution in [3.8, 4) is 0 Å². The van der Waals surface area contributed by atoms with E-state index in [0.29, 0.717) is 26.2 Å². The zero-order chi connectivity index (χ0) is 18.6. The van der Waals surface area contributed by atoms with Crippen LogP contribution in [-0.4, -0.2) is 55.2 Å². The molecule has 1 N–H and O–H groups in total. The molecule has 0 spiro atoms. The fourth-order valence-electron chi connectivity index (χ4n) is 3.67. The van der Waals surface area contributed by atoms with Crippen LogP contribution in [0, 0.1) is 5.82 Å². The van der Waals surface area contributed by atoms with Crippen LogP contribution in [0.4, 0.5) is 9.18 Å². The van der Waals surface area contributed by atoms with Crippen molar-refractivity contribution in [1.82, 2.24) is 15.1 Å². The number of urea groups is 1. The minimum atomic E-state index is -0.284. The van der Waals surface area contributed by atoms with Crippen molar-refractivity contribution in [2.45, 2.75) is 19.1 Å². The van der Waals surface area contributed by atoms with Crippen molar-refractivity contribution >= 4 is 17.4 Å². The second-order valence-corrected chi connectivity index (χ2v) is 7.99. The predicted octanol–water partition coefficient (Wildman–Crippen LogP) is 3.03. The smallest absolute Gasteiger partial charge is 0.317 e. The lowest BCUT2D eigenvalue weighted by Gasteiger charge is -2.33. The summed E-state index contributed by atoms with van der Waals surface area (Å²) >= 11 is 1.84. The van der Waals surface area contributed by atoms with Gasteiger partial charge in [-0.05, 0) is 41.1 Å². The van der Waals surface area contributed by atoms with E-state index in [0.717, 1.165) is 31.6 Å². The second kappa shape index (κ2) is 8.37. The van der Waals surface area contributed by atoms with Gasteiger partial charge in [0.15, 0.2) is 0 Å². The number of hydrogen-bond acceptors (Lipinski definition) is 4. The van der Waals surface area contributed by atoms with Crippen LogP contribution in [0.5, 0.6) is 0 Å². The highest BCUT2D eigenvalue weighted by Gasteiger charge is 2.25. The fourth-order valence-corrected chi connectivity index (χ4v) is 4.56. The highest BCUT2D eigenvalue weighted by Crippen LogP contribution is 2.24. The van der Waals surface area contributed by atoms with E-state index in [-0.39, 0.29) is 18.0 Å². The second-order valence-electron chi connectivity index (χ2n) is 6.99. The Morgan fingerprint density at radius 2 is 2.26 bits per heavy atom. The number of carbonyl (C=O) groups excluding carboxylic acids is 1. The number of rotatable bonds is 4. The van der Waals surface area contributed by atoms with Crippen LogP contribution in [0.25, 0.3) is 0 Å². The van der Waals surface area contributed by atoms with E-state index in [1.54, 1.807) is 11.0 Å². The average molecular weight is 389 g/mol. The van der Waals surface area contributed by atoms with Crippen LogP contribution in [0.3, 0.4) is 0 Å². The summed E-state index contributed by atoms with van der Waals surface area (Å²) in [7, 11) is 0. The molecule has 0 saturated carbocycles. The Labute approximate surface area is 162 Å². The zero-order valence-corrected chi connectivity index (χ0v) is 16.0. The summed E-state index contributed by atoms with van der Waals surface area (Å²) in [6, 6.07) is 8.52. The third kappa shape index (κ3) is 4.48. The number of thiophene rings is 1. The average Bonchev–Trinajstić information content (AvgIpc) is 3.16. The molecule has 1 saturated heterocycles. The maximum absolute atomic E-state index is 13.4. The van der Waals surface area contributed by atoms with Crippen molar-refractivity contribution in [2.75, 3.05) is 39.3 Å². The number of halogens is 1. The van der Waals surface area contributed by atoms with Gasteiger partial charge in [-0.3, -0.25) is 4.90 Å². The maximum Gasteiger partial charge on any atom is 0.317 e. The van der Waals surface area contributed by atoms with Gasteiger partial charge in [0, 0.05) is 37.6 Å². The predicted molar refractivity (Wildman–Crippen MR) is 103 cm³/mol. The first kappa shape index (κ1) is 18.4. The number of hydrogen-bond donors (Lipinski definition) is 1. The van der Waals surface area contributed by atoms with E-state index in [4.69, 9.17) is 4.74 Å². The molecule has 1 aromatic carbocycles. The van der Waals surface area contributed by atoms with Gasteiger partial charge in [0.1, 0.15) is 11.9 Å². The van der Waals surface area contributed by atoms with E-state index in [9.17, 15) is 9.18 Å². The quantitative estimate of drug-likeness (QED) is 0.874. The van der Waals surface area contributed by atoms with Crippen LogP contribution in [0.1, 0.15) is 22.1 Å². The molecule has 7 heteroatoms. The summed E-state index contributed by atoms with van der Waals surface area (Å²) in [5.41, 5.74) is 2.19. The molecule has 5 nitrogen and oxygen atoms in total. The van der Waals surface area contributed by atoms with Gasteiger partial charge < -0.3 is 15.0 Å². The molecule has 0 aliphatic carbocycles. The highest BCUT2D eigenvalue weighted by atomic mass is 32.1. The van der Waals surface area contributed by atoms with Crippen LogP contribution < -0.4 is 5.32 Å². The Balaban J connectivity index is 1.25. The van der Waals surface area contributed by atoms with E-state index in [2.05, 4.69) is 21.7 Å². The summed E-state index contributed by atoms with van der Waals surface area (Å²) in [4.78, 5) is 18.1. The monoisotopic (exact) mass is 389 g/mol. The summed E-state index contributed by atoms with van der Waals surface area (Å²) < 4.78 is 19.2. The lowest BCUT2D eigenvalue weighted by atomic mass is 10.1. The molecule has 0 bridgehead atoms. The summed E-state index contributed by atoms with van der Waals surface area (Å²) in [6.07, 6.45) is 0.819. The van der Waals surface area contributed by atoms with Crippen molar-refractivity contribution < 1.29 is 13.9 Å². The SMILES string of the molecule is O=C(NCCN1CCc2sccc2C1)N1CCOC(c2cccc(F)c2)C1. The molecule has 144 valence electrons. The zero-order valence-electron chi connectivity index (χ0n) is 15.2. The molecule has 0 radical (unpaired) electrons. The van der Waals surface area contributed by atoms with Crippen LogP contribution in [0.15, 0.2) is 35.7 Å². The molecule has 1 unspecified atom stereocenters. The third-order valence-electron chi connectivity index (χ3n) is 5.17. The molecule has 2 aromatic rings. The van der Waals surface area contributed by atoms with Crippen molar-refractivity contribution in [3.05, 3.63) is 57.5 Å². The maximum atomic E-state index is 13.4. The van der Waals surface area contributed by atoms with Crippen LogP contribution in [-0.2, 0) is 17.7 Å². The van der Waals surface area contributed by atoms with Gasteiger partial charge in [-0.1, -0.05) is 12.1 Å². The number of benzene rings is 1. The van der Waals surface area contributed by atoms with Crippen LogP contribution in [0.2, 0.25) is 0 Å². The van der Waals surface area contributed by atoms with Gasteiger partial charge in [-0.2, -0.15) is 0 Å². The van der Waals surface area contributed by atoms with E-state index >= 15 is 0 Å². The Morgan fingerprint density at radius 1 is 1.33 bits per heavy atom. The molecule has 1 aromatic heterocycles. The summed E-state index contributed by atoms with van der Waals surface area (Å²) in [6.45, 7) is 4.94. The molecule has 2 aliphatic heterocycles. The minimum Gasteiger partial charge on any atom is -0.370 e. The molecule has 3 heterocycles. The number of ether oxygens (including phenoxy) is 1. The van der Waals surface area contributed by atoms with Crippen LogP contribution >= 0.6 is 11.3 Å². The molecule has 2 aliphatic rings. The van der Waals surface area contributed by atoms with Gasteiger partial charge in [0.2, 0.25) is 0 Å².